The summed E-state index contributed by atoms with van der Waals surface area (Å²) in [6.07, 6.45) is 2.88. The van der Waals surface area contributed by atoms with Crippen LogP contribution in [0.25, 0.3) is 0 Å². The van der Waals surface area contributed by atoms with Crippen LogP contribution in [0.3, 0.4) is 0 Å². The van der Waals surface area contributed by atoms with Crippen LogP contribution in [-0.4, -0.2) is 48.4 Å². The number of benzene rings is 2. The Labute approximate surface area is 169 Å². The Balaban J connectivity index is 2.29. The van der Waals surface area contributed by atoms with Crippen molar-refractivity contribution in [1.29, 1.82) is 0 Å². The van der Waals surface area contributed by atoms with Crippen molar-refractivity contribution in [2.75, 3.05) is 48.0 Å². The SMILES string of the molecule is COc1cc(OC)c(N/C=C\C(=O)c2cc(OC)c(OC)c(OC)c2)c(OC)c1. The lowest BCUT2D eigenvalue weighted by Gasteiger charge is -2.15. The molecular formula is C21H25NO7. The summed E-state index contributed by atoms with van der Waals surface area (Å²) in [6, 6.07) is 6.59. The minimum absolute atomic E-state index is 0.261. The van der Waals surface area contributed by atoms with E-state index < -0.39 is 0 Å². The highest BCUT2D eigenvalue weighted by Gasteiger charge is 2.16. The number of carbonyl (C=O) groups is 1. The molecule has 0 radical (unpaired) electrons. The van der Waals surface area contributed by atoms with Crippen LogP contribution in [-0.2, 0) is 0 Å². The molecule has 0 atom stereocenters. The van der Waals surface area contributed by atoms with Crippen LogP contribution in [0.2, 0.25) is 0 Å². The lowest BCUT2D eigenvalue weighted by Crippen LogP contribution is -2.02. The molecule has 2 aromatic rings. The first-order chi connectivity index (χ1) is 14.0. The maximum absolute atomic E-state index is 12.6. The molecule has 156 valence electrons. The maximum Gasteiger partial charge on any atom is 0.203 e. The number of nitrogens with one attached hydrogen (secondary N) is 1. The van der Waals surface area contributed by atoms with Gasteiger partial charge in [0.1, 0.15) is 22.9 Å². The quantitative estimate of drug-likeness (QED) is 0.476. The molecule has 0 spiro atoms. The van der Waals surface area contributed by atoms with Gasteiger partial charge in [-0.2, -0.15) is 0 Å². The fraction of sp³-hybridized carbons (Fsp3) is 0.286. The van der Waals surface area contributed by atoms with E-state index in [1.807, 2.05) is 0 Å². The largest absolute Gasteiger partial charge is 0.496 e. The number of hydrogen-bond donors (Lipinski definition) is 1. The molecule has 0 saturated heterocycles. The first-order valence-corrected chi connectivity index (χ1v) is 8.60. The van der Waals surface area contributed by atoms with Gasteiger partial charge in [-0.05, 0) is 12.1 Å². The highest BCUT2D eigenvalue weighted by atomic mass is 16.5. The van der Waals surface area contributed by atoms with Crippen LogP contribution >= 0.6 is 0 Å². The van der Waals surface area contributed by atoms with Gasteiger partial charge >= 0.3 is 0 Å². The molecule has 0 fully saturated rings. The predicted octanol–water partition coefficient (Wildman–Crippen LogP) is 3.55. The van der Waals surface area contributed by atoms with Crippen LogP contribution in [0.15, 0.2) is 36.5 Å². The molecule has 29 heavy (non-hydrogen) atoms. The summed E-state index contributed by atoms with van der Waals surface area (Å²) in [5.74, 6) is 2.55. The van der Waals surface area contributed by atoms with Gasteiger partial charge in [0, 0.05) is 30.0 Å². The number of rotatable bonds is 10. The second kappa shape index (κ2) is 10.1. The van der Waals surface area contributed by atoms with Crippen molar-refractivity contribution < 1.29 is 33.2 Å². The zero-order valence-corrected chi connectivity index (χ0v) is 17.3. The third-order valence-corrected chi connectivity index (χ3v) is 4.13. The molecule has 0 aliphatic rings. The van der Waals surface area contributed by atoms with Gasteiger partial charge in [-0.3, -0.25) is 4.79 Å². The molecule has 0 unspecified atom stereocenters. The van der Waals surface area contributed by atoms with Gasteiger partial charge in [-0.15, -0.1) is 0 Å². The van der Waals surface area contributed by atoms with E-state index in [2.05, 4.69) is 5.32 Å². The topological polar surface area (TPSA) is 84.5 Å². The molecule has 0 heterocycles. The van der Waals surface area contributed by atoms with E-state index in [-0.39, 0.29) is 5.78 Å². The van der Waals surface area contributed by atoms with Crippen LogP contribution in [0.1, 0.15) is 10.4 Å². The van der Waals surface area contributed by atoms with Crippen molar-refractivity contribution in [1.82, 2.24) is 0 Å². The van der Waals surface area contributed by atoms with Crippen LogP contribution in [0, 0.1) is 0 Å². The lowest BCUT2D eigenvalue weighted by molar-refractivity contribution is 0.104. The first kappa shape index (κ1) is 21.7. The Kier molecular flexibility index (Phi) is 7.59. The highest BCUT2D eigenvalue weighted by molar-refractivity contribution is 6.05. The second-order valence-corrected chi connectivity index (χ2v) is 5.66. The molecule has 2 rings (SSSR count). The molecule has 8 heteroatoms. The normalized spacial score (nSPS) is 10.4. The Morgan fingerprint density at radius 1 is 0.724 bits per heavy atom. The molecular weight excluding hydrogens is 378 g/mol. The zero-order chi connectivity index (χ0) is 21.4. The fourth-order valence-electron chi connectivity index (χ4n) is 2.67. The van der Waals surface area contributed by atoms with Gasteiger partial charge in [0.25, 0.3) is 0 Å². The van der Waals surface area contributed by atoms with Gasteiger partial charge < -0.3 is 33.7 Å². The van der Waals surface area contributed by atoms with Crippen molar-refractivity contribution in [2.45, 2.75) is 0 Å². The van der Waals surface area contributed by atoms with E-state index in [4.69, 9.17) is 28.4 Å². The smallest absolute Gasteiger partial charge is 0.203 e. The molecule has 2 aromatic carbocycles. The van der Waals surface area contributed by atoms with Crippen molar-refractivity contribution in [3.63, 3.8) is 0 Å². The number of carbonyl (C=O) groups excluding carboxylic acids is 1. The minimum atomic E-state index is -0.261. The molecule has 0 bridgehead atoms. The predicted molar refractivity (Wildman–Crippen MR) is 109 cm³/mol. The molecule has 0 aromatic heterocycles. The molecule has 0 amide bonds. The standard InChI is InChI=1S/C21H25NO7/c1-24-14-11-16(25-2)20(17(12-14)26-3)22-8-7-15(23)13-9-18(27-4)21(29-6)19(10-13)28-5/h7-12,22H,1-6H3/b8-7-. The average Bonchev–Trinajstić information content (AvgIpc) is 2.77. The summed E-state index contributed by atoms with van der Waals surface area (Å²) >= 11 is 0. The summed E-state index contributed by atoms with van der Waals surface area (Å²) in [5, 5.41) is 3.02. The zero-order valence-electron chi connectivity index (χ0n) is 17.3. The van der Waals surface area contributed by atoms with E-state index in [1.165, 1.54) is 47.8 Å². The van der Waals surface area contributed by atoms with E-state index >= 15 is 0 Å². The minimum Gasteiger partial charge on any atom is -0.496 e. The maximum atomic E-state index is 12.6. The van der Waals surface area contributed by atoms with Gasteiger partial charge in [0.05, 0.1) is 42.7 Å². The number of methoxy groups -OCH3 is 6. The summed E-state index contributed by atoms with van der Waals surface area (Å²) < 4.78 is 31.8. The number of anilines is 1. The molecule has 8 nitrogen and oxygen atoms in total. The highest BCUT2D eigenvalue weighted by Crippen LogP contribution is 2.39. The van der Waals surface area contributed by atoms with E-state index in [0.29, 0.717) is 45.7 Å². The van der Waals surface area contributed by atoms with Crippen LogP contribution < -0.4 is 33.7 Å². The molecule has 1 N–H and O–H groups in total. The van der Waals surface area contributed by atoms with Crippen LogP contribution in [0.5, 0.6) is 34.5 Å². The van der Waals surface area contributed by atoms with Crippen molar-refractivity contribution >= 4 is 11.5 Å². The van der Waals surface area contributed by atoms with Gasteiger partial charge in [0.2, 0.25) is 5.75 Å². The van der Waals surface area contributed by atoms with Crippen molar-refractivity contribution in [3.8, 4) is 34.5 Å². The lowest BCUT2D eigenvalue weighted by atomic mass is 10.1. The first-order valence-electron chi connectivity index (χ1n) is 8.60. The monoisotopic (exact) mass is 403 g/mol. The third kappa shape index (κ3) is 4.84. The van der Waals surface area contributed by atoms with Gasteiger partial charge in [0.15, 0.2) is 17.3 Å². The van der Waals surface area contributed by atoms with Crippen LogP contribution in [0.4, 0.5) is 5.69 Å². The number of allylic oxidation sites excluding steroid dienone is 1. The average molecular weight is 403 g/mol. The molecule has 0 aliphatic heterocycles. The summed E-state index contributed by atoms with van der Waals surface area (Å²) in [4.78, 5) is 12.6. The number of ketones is 1. The third-order valence-electron chi connectivity index (χ3n) is 4.13. The van der Waals surface area contributed by atoms with Gasteiger partial charge in [-0.25, -0.2) is 0 Å². The van der Waals surface area contributed by atoms with E-state index in [0.717, 1.165) is 0 Å². The Morgan fingerprint density at radius 2 is 1.24 bits per heavy atom. The van der Waals surface area contributed by atoms with E-state index in [9.17, 15) is 4.79 Å². The second-order valence-electron chi connectivity index (χ2n) is 5.66. The van der Waals surface area contributed by atoms with Crippen molar-refractivity contribution in [3.05, 3.63) is 42.1 Å². The Hall–Kier alpha value is -3.55. The van der Waals surface area contributed by atoms with Crippen molar-refractivity contribution in [2.24, 2.45) is 0 Å². The Bertz CT molecular complexity index is 843. The summed E-state index contributed by atoms with van der Waals surface area (Å²) in [5.41, 5.74) is 0.941. The number of ether oxygens (including phenoxy) is 6. The molecule has 0 aliphatic carbocycles. The fourth-order valence-corrected chi connectivity index (χ4v) is 2.67. The summed E-state index contributed by atoms with van der Waals surface area (Å²) in [6.45, 7) is 0. The Morgan fingerprint density at radius 3 is 1.66 bits per heavy atom. The molecule has 0 saturated carbocycles. The summed E-state index contributed by atoms with van der Waals surface area (Å²) in [7, 11) is 9.10. The number of hydrogen-bond acceptors (Lipinski definition) is 8. The van der Waals surface area contributed by atoms with E-state index in [1.54, 1.807) is 31.4 Å². The van der Waals surface area contributed by atoms with Gasteiger partial charge in [-0.1, -0.05) is 0 Å².